The maximum absolute atomic E-state index is 11.9. The van der Waals surface area contributed by atoms with Crippen molar-refractivity contribution in [1.82, 2.24) is 0 Å². The van der Waals surface area contributed by atoms with Gasteiger partial charge in [0.15, 0.2) is 0 Å². The van der Waals surface area contributed by atoms with Crippen LogP contribution in [0.3, 0.4) is 0 Å². The standard InChI is InChI=1S/C19H25NO3/c1-13-9-17-15(11-19(22)23-18(17)10-14(13)2)12-20-7-4-3-5-16(20)6-8-21/h9-11,16,21H,3-8,12H2,1-2H3/p+1/t16-/m1/s1. The quantitative estimate of drug-likeness (QED) is 0.845. The molecular weight excluding hydrogens is 290 g/mol. The lowest BCUT2D eigenvalue weighted by molar-refractivity contribution is -0.944. The molecular formula is C19H26NO3+. The van der Waals surface area contributed by atoms with Gasteiger partial charge in [-0.2, -0.15) is 0 Å². The first kappa shape index (κ1) is 16.2. The van der Waals surface area contributed by atoms with Gasteiger partial charge in [0.1, 0.15) is 12.1 Å². The first-order valence-corrected chi connectivity index (χ1v) is 8.58. The van der Waals surface area contributed by atoms with E-state index in [4.69, 9.17) is 4.42 Å². The molecule has 1 saturated heterocycles. The van der Waals surface area contributed by atoms with Crippen molar-refractivity contribution >= 4 is 11.0 Å². The second-order valence-corrected chi connectivity index (χ2v) is 6.81. The minimum atomic E-state index is -0.272. The maximum atomic E-state index is 11.9. The molecule has 0 bridgehead atoms. The maximum Gasteiger partial charge on any atom is 0.336 e. The second kappa shape index (κ2) is 6.85. The Balaban J connectivity index is 1.98. The van der Waals surface area contributed by atoms with Crippen molar-refractivity contribution < 1.29 is 14.4 Å². The van der Waals surface area contributed by atoms with Gasteiger partial charge < -0.3 is 14.4 Å². The molecule has 1 aliphatic heterocycles. The summed E-state index contributed by atoms with van der Waals surface area (Å²) in [6.45, 7) is 6.30. The molecule has 4 nitrogen and oxygen atoms in total. The summed E-state index contributed by atoms with van der Waals surface area (Å²) in [6.07, 6.45) is 4.46. The highest BCUT2D eigenvalue weighted by Gasteiger charge is 2.26. The van der Waals surface area contributed by atoms with Crippen LogP contribution >= 0.6 is 0 Å². The van der Waals surface area contributed by atoms with Gasteiger partial charge in [-0.1, -0.05) is 0 Å². The molecule has 2 N–H and O–H groups in total. The molecule has 0 saturated carbocycles. The van der Waals surface area contributed by atoms with Gasteiger partial charge in [-0.25, -0.2) is 4.79 Å². The normalized spacial score (nSPS) is 21.7. The summed E-state index contributed by atoms with van der Waals surface area (Å²) < 4.78 is 5.40. The van der Waals surface area contributed by atoms with Crippen molar-refractivity contribution in [3.63, 3.8) is 0 Å². The summed E-state index contributed by atoms with van der Waals surface area (Å²) in [5, 5.41) is 10.4. The Morgan fingerprint density at radius 1 is 1.22 bits per heavy atom. The Kier molecular flexibility index (Phi) is 4.83. The summed E-state index contributed by atoms with van der Waals surface area (Å²) in [5.74, 6) is 0. The van der Waals surface area contributed by atoms with Crippen LogP contribution in [-0.4, -0.2) is 24.3 Å². The zero-order chi connectivity index (χ0) is 16.4. The number of nitrogens with one attached hydrogen (secondary N) is 1. The van der Waals surface area contributed by atoms with Crippen molar-refractivity contribution in [2.75, 3.05) is 13.2 Å². The van der Waals surface area contributed by atoms with Gasteiger partial charge in [-0.3, -0.25) is 0 Å². The fourth-order valence-electron chi connectivity index (χ4n) is 3.76. The number of aliphatic hydroxyl groups excluding tert-OH is 1. The molecule has 0 spiro atoms. The number of quaternary nitrogens is 1. The minimum Gasteiger partial charge on any atom is -0.423 e. The van der Waals surface area contributed by atoms with Crippen molar-refractivity contribution in [3.05, 3.63) is 45.3 Å². The smallest absolute Gasteiger partial charge is 0.336 e. The van der Waals surface area contributed by atoms with Crippen LogP contribution < -0.4 is 10.5 Å². The molecule has 1 aliphatic rings. The predicted molar refractivity (Wildman–Crippen MR) is 90.8 cm³/mol. The highest BCUT2D eigenvalue weighted by molar-refractivity contribution is 5.81. The SMILES string of the molecule is Cc1cc2oc(=O)cc(C[NH+]3CCCC[C@@H]3CCO)c2cc1C. The highest BCUT2D eigenvalue weighted by Crippen LogP contribution is 2.21. The van der Waals surface area contributed by atoms with Crippen LogP contribution in [0.5, 0.6) is 0 Å². The topological polar surface area (TPSA) is 54.9 Å². The summed E-state index contributed by atoms with van der Waals surface area (Å²) in [6, 6.07) is 6.23. The molecule has 0 radical (unpaired) electrons. The van der Waals surface area contributed by atoms with E-state index in [0.717, 1.165) is 42.4 Å². The Bertz CT molecular complexity index is 748. The van der Waals surface area contributed by atoms with Crippen LogP contribution in [0.15, 0.2) is 27.4 Å². The second-order valence-electron chi connectivity index (χ2n) is 6.81. The fourth-order valence-corrected chi connectivity index (χ4v) is 3.76. The lowest BCUT2D eigenvalue weighted by Gasteiger charge is -2.32. The third kappa shape index (κ3) is 3.48. The fraction of sp³-hybridized carbons (Fsp3) is 0.526. The van der Waals surface area contributed by atoms with Crippen LogP contribution in [0.25, 0.3) is 11.0 Å². The number of aryl methyl sites for hydroxylation is 2. The van der Waals surface area contributed by atoms with Crippen LogP contribution in [0, 0.1) is 13.8 Å². The number of rotatable bonds is 4. The molecule has 3 rings (SSSR count). The van der Waals surface area contributed by atoms with Gasteiger partial charge in [0.2, 0.25) is 0 Å². The monoisotopic (exact) mass is 316 g/mol. The lowest BCUT2D eigenvalue weighted by Crippen LogP contribution is -3.15. The van der Waals surface area contributed by atoms with Crippen molar-refractivity contribution in [2.24, 2.45) is 0 Å². The first-order valence-electron chi connectivity index (χ1n) is 8.58. The predicted octanol–water partition coefficient (Wildman–Crippen LogP) is 1.73. The molecule has 124 valence electrons. The van der Waals surface area contributed by atoms with Gasteiger partial charge in [0, 0.05) is 30.0 Å². The van der Waals surface area contributed by atoms with E-state index < -0.39 is 0 Å². The number of aliphatic hydroxyl groups is 1. The number of hydrogen-bond acceptors (Lipinski definition) is 3. The summed E-state index contributed by atoms with van der Waals surface area (Å²) in [4.78, 5) is 13.4. The van der Waals surface area contributed by atoms with Gasteiger partial charge in [-0.05, 0) is 56.4 Å². The van der Waals surface area contributed by atoms with E-state index in [9.17, 15) is 9.90 Å². The average Bonchev–Trinajstić information content (AvgIpc) is 2.51. The molecule has 1 fully saturated rings. The van der Waals surface area contributed by atoms with Crippen LogP contribution in [0.2, 0.25) is 0 Å². The first-order chi connectivity index (χ1) is 11.1. The van der Waals surface area contributed by atoms with Crippen LogP contribution in [-0.2, 0) is 6.54 Å². The number of piperidine rings is 1. The number of fused-ring (bicyclic) bond motifs is 1. The molecule has 2 heterocycles. The van der Waals surface area contributed by atoms with E-state index >= 15 is 0 Å². The largest absolute Gasteiger partial charge is 0.423 e. The number of benzene rings is 1. The third-order valence-electron chi connectivity index (χ3n) is 5.22. The van der Waals surface area contributed by atoms with Crippen molar-refractivity contribution in [1.29, 1.82) is 0 Å². The van der Waals surface area contributed by atoms with E-state index in [0.29, 0.717) is 11.6 Å². The number of hydrogen-bond donors (Lipinski definition) is 2. The molecule has 0 amide bonds. The molecule has 0 aliphatic carbocycles. The zero-order valence-corrected chi connectivity index (χ0v) is 14.0. The molecule has 4 heteroatoms. The van der Waals surface area contributed by atoms with Gasteiger partial charge in [-0.15, -0.1) is 0 Å². The van der Waals surface area contributed by atoms with Crippen molar-refractivity contribution in [2.45, 2.75) is 52.1 Å². The van der Waals surface area contributed by atoms with E-state index in [-0.39, 0.29) is 12.2 Å². The van der Waals surface area contributed by atoms with Gasteiger partial charge in [0.05, 0.1) is 12.6 Å². The molecule has 2 atom stereocenters. The molecule has 1 aromatic carbocycles. The summed E-state index contributed by atoms with van der Waals surface area (Å²) in [5.41, 5.74) is 3.84. The van der Waals surface area contributed by atoms with Gasteiger partial charge >= 0.3 is 5.63 Å². The van der Waals surface area contributed by atoms with Crippen LogP contribution in [0.1, 0.15) is 42.4 Å². The lowest BCUT2D eigenvalue weighted by atomic mass is 9.97. The summed E-state index contributed by atoms with van der Waals surface area (Å²) in [7, 11) is 0. The Morgan fingerprint density at radius 3 is 2.78 bits per heavy atom. The van der Waals surface area contributed by atoms with E-state index in [2.05, 4.69) is 13.0 Å². The van der Waals surface area contributed by atoms with Crippen molar-refractivity contribution in [3.8, 4) is 0 Å². The average molecular weight is 316 g/mol. The van der Waals surface area contributed by atoms with E-state index in [1.807, 2.05) is 13.0 Å². The molecule has 1 aromatic heterocycles. The molecule has 1 unspecified atom stereocenters. The van der Waals surface area contributed by atoms with E-state index in [1.165, 1.54) is 23.3 Å². The third-order valence-corrected chi connectivity index (χ3v) is 5.22. The minimum absolute atomic E-state index is 0.240. The number of likely N-dealkylation sites (tertiary alicyclic amines) is 1. The molecule has 2 aromatic rings. The Labute approximate surface area is 136 Å². The Morgan fingerprint density at radius 2 is 2.00 bits per heavy atom. The van der Waals surface area contributed by atoms with Gasteiger partial charge in [0.25, 0.3) is 0 Å². The molecule has 23 heavy (non-hydrogen) atoms. The zero-order valence-electron chi connectivity index (χ0n) is 14.0. The highest BCUT2D eigenvalue weighted by atomic mass is 16.4. The Hall–Kier alpha value is -1.65. The van der Waals surface area contributed by atoms with E-state index in [1.54, 1.807) is 6.07 Å². The van der Waals surface area contributed by atoms with Crippen LogP contribution in [0.4, 0.5) is 0 Å². The summed E-state index contributed by atoms with van der Waals surface area (Å²) >= 11 is 0.